The number of benzene rings is 2. The van der Waals surface area contributed by atoms with Crippen LogP contribution in [0.25, 0.3) is 22.2 Å². The Balaban J connectivity index is 1.37. The van der Waals surface area contributed by atoms with E-state index in [-0.39, 0.29) is 12.7 Å². The maximum absolute atomic E-state index is 12.1. The highest BCUT2D eigenvalue weighted by atomic mass is 16.6. The molecular formula is C25H29N3O4. The molecule has 3 N–H and O–H groups in total. The van der Waals surface area contributed by atoms with Crippen molar-refractivity contribution in [2.24, 2.45) is 0 Å². The average Bonchev–Trinajstić information content (AvgIpc) is 3.41. The number of nitrogens with one attached hydrogen (secondary N) is 1. The lowest BCUT2D eigenvalue weighted by atomic mass is 10.1. The average molecular weight is 436 g/mol. The summed E-state index contributed by atoms with van der Waals surface area (Å²) in [5, 5.41) is 3.82. The molecule has 7 nitrogen and oxygen atoms in total. The Morgan fingerprint density at radius 3 is 2.69 bits per heavy atom. The van der Waals surface area contributed by atoms with Gasteiger partial charge in [0.25, 0.3) is 0 Å². The molecular weight excluding hydrogens is 406 g/mol. The second kappa shape index (κ2) is 8.74. The van der Waals surface area contributed by atoms with E-state index in [0.29, 0.717) is 18.3 Å². The first-order valence-corrected chi connectivity index (χ1v) is 11.4. The summed E-state index contributed by atoms with van der Waals surface area (Å²) < 4.78 is 18.8. The number of hydrogen-bond acceptors (Lipinski definition) is 5. The Hall–Kier alpha value is -3.19. The van der Waals surface area contributed by atoms with E-state index in [9.17, 15) is 4.79 Å². The minimum Gasteiger partial charge on any atom is -0.494 e. The summed E-state index contributed by atoms with van der Waals surface area (Å²) in [6.45, 7) is 3.64. The topological polar surface area (TPSA) is 87.7 Å². The van der Waals surface area contributed by atoms with Gasteiger partial charge in [-0.05, 0) is 56.9 Å². The Kier molecular flexibility index (Phi) is 5.66. The number of nitrogens with two attached hydrogens (primary N) is 1. The first kappa shape index (κ1) is 20.7. The molecule has 0 spiro atoms. The van der Waals surface area contributed by atoms with Crippen LogP contribution >= 0.6 is 0 Å². The third kappa shape index (κ3) is 4.12. The van der Waals surface area contributed by atoms with Gasteiger partial charge in [-0.25, -0.2) is 4.79 Å². The molecule has 1 saturated carbocycles. The summed E-state index contributed by atoms with van der Waals surface area (Å²) >= 11 is 0. The summed E-state index contributed by atoms with van der Waals surface area (Å²) in [6, 6.07) is 14.3. The summed E-state index contributed by atoms with van der Waals surface area (Å²) in [5.41, 5.74) is 11.2. The van der Waals surface area contributed by atoms with Crippen LogP contribution in [0.3, 0.4) is 0 Å². The van der Waals surface area contributed by atoms with Crippen molar-refractivity contribution in [3.8, 4) is 17.0 Å². The van der Waals surface area contributed by atoms with Crippen molar-refractivity contribution >= 4 is 28.4 Å². The molecule has 3 aromatic rings. The first-order valence-electron chi connectivity index (χ1n) is 11.4. The number of nitrogens with zero attached hydrogens (tertiary/aromatic N) is 1. The third-order valence-electron chi connectivity index (χ3n) is 6.07. The van der Waals surface area contributed by atoms with Gasteiger partial charge in [0.15, 0.2) is 0 Å². The zero-order valence-corrected chi connectivity index (χ0v) is 18.3. The van der Waals surface area contributed by atoms with E-state index >= 15 is 0 Å². The van der Waals surface area contributed by atoms with Crippen molar-refractivity contribution in [2.75, 3.05) is 30.9 Å². The normalized spacial score (nSPS) is 18.1. The van der Waals surface area contributed by atoms with Gasteiger partial charge in [-0.1, -0.05) is 12.1 Å². The molecule has 1 saturated heterocycles. The van der Waals surface area contributed by atoms with Crippen LogP contribution in [-0.2, 0) is 9.47 Å². The summed E-state index contributed by atoms with van der Waals surface area (Å²) in [4.78, 5) is 12.1. The number of ether oxygens (including phenoxy) is 3. The summed E-state index contributed by atoms with van der Waals surface area (Å²) in [6.07, 6.45) is 3.79. The predicted octanol–water partition coefficient (Wildman–Crippen LogP) is 5.35. The second-order valence-electron chi connectivity index (χ2n) is 8.41. The van der Waals surface area contributed by atoms with Gasteiger partial charge in [0.1, 0.15) is 12.4 Å². The fourth-order valence-corrected chi connectivity index (χ4v) is 4.39. The molecule has 2 aliphatic rings. The lowest BCUT2D eigenvalue weighted by molar-refractivity contribution is 0.0484. The first-order chi connectivity index (χ1) is 15.6. The molecule has 0 radical (unpaired) electrons. The number of aromatic nitrogens is 1. The lowest BCUT2D eigenvalue weighted by Gasteiger charge is -2.13. The number of anilines is 2. The standard InChI is InChI=1S/C25H29N3O4/c1-2-30-19-11-12-21-22(14-19)28(18-9-10-18)24(23(21)26)16-5-7-17(8-6-16)27-25(29)32-15-20-4-3-13-31-20/h5-8,11-12,14,18,20H,2-4,9-10,13,15,26H2,1H3,(H,27,29). The molecule has 1 aliphatic heterocycles. The van der Waals surface area contributed by atoms with Crippen molar-refractivity contribution in [1.82, 2.24) is 4.57 Å². The summed E-state index contributed by atoms with van der Waals surface area (Å²) in [7, 11) is 0. The number of hydrogen-bond donors (Lipinski definition) is 2. The SMILES string of the molecule is CCOc1ccc2c(N)c(-c3ccc(NC(=O)OCC4CCCO4)cc3)n(C3CC3)c2c1. The minimum absolute atomic E-state index is 0.0127. The van der Waals surface area contributed by atoms with Crippen LogP contribution in [0.1, 0.15) is 38.6 Å². The van der Waals surface area contributed by atoms with E-state index in [4.69, 9.17) is 19.9 Å². The molecule has 5 rings (SSSR count). The fraction of sp³-hybridized carbons (Fsp3) is 0.400. The van der Waals surface area contributed by atoms with E-state index in [0.717, 1.165) is 65.9 Å². The van der Waals surface area contributed by atoms with Crippen molar-refractivity contribution in [2.45, 2.75) is 44.8 Å². The van der Waals surface area contributed by atoms with Crippen LogP contribution in [0, 0.1) is 0 Å². The largest absolute Gasteiger partial charge is 0.494 e. The molecule has 2 fully saturated rings. The quantitative estimate of drug-likeness (QED) is 0.522. The van der Waals surface area contributed by atoms with E-state index < -0.39 is 6.09 Å². The minimum atomic E-state index is -0.469. The Morgan fingerprint density at radius 2 is 2.00 bits per heavy atom. The molecule has 2 heterocycles. The van der Waals surface area contributed by atoms with E-state index in [1.54, 1.807) is 0 Å². The zero-order chi connectivity index (χ0) is 22.1. The molecule has 7 heteroatoms. The van der Waals surface area contributed by atoms with E-state index in [1.165, 1.54) is 0 Å². The van der Waals surface area contributed by atoms with Crippen LogP contribution < -0.4 is 15.8 Å². The molecule has 0 bridgehead atoms. The van der Waals surface area contributed by atoms with Crippen LogP contribution in [0.2, 0.25) is 0 Å². The molecule has 168 valence electrons. The monoisotopic (exact) mass is 435 g/mol. The van der Waals surface area contributed by atoms with Gasteiger partial charge in [0, 0.05) is 35.4 Å². The third-order valence-corrected chi connectivity index (χ3v) is 6.07. The highest BCUT2D eigenvalue weighted by molar-refractivity contribution is 6.01. The predicted molar refractivity (Wildman–Crippen MR) is 125 cm³/mol. The molecule has 1 aromatic heterocycles. The molecule has 2 aromatic carbocycles. The maximum Gasteiger partial charge on any atom is 0.411 e. The van der Waals surface area contributed by atoms with Gasteiger partial charge < -0.3 is 24.5 Å². The van der Waals surface area contributed by atoms with Gasteiger partial charge in [0.2, 0.25) is 0 Å². The van der Waals surface area contributed by atoms with Crippen LogP contribution in [0.5, 0.6) is 5.75 Å². The molecule has 1 unspecified atom stereocenters. The Morgan fingerprint density at radius 1 is 1.19 bits per heavy atom. The summed E-state index contributed by atoms with van der Waals surface area (Å²) in [5.74, 6) is 0.854. The zero-order valence-electron chi connectivity index (χ0n) is 18.3. The van der Waals surface area contributed by atoms with Gasteiger partial charge in [-0.15, -0.1) is 0 Å². The Bertz CT molecular complexity index is 1110. The molecule has 1 atom stereocenters. The number of carbonyl (C=O) groups is 1. The van der Waals surface area contributed by atoms with Crippen LogP contribution in [0.4, 0.5) is 16.2 Å². The number of amides is 1. The van der Waals surface area contributed by atoms with Gasteiger partial charge in [0.05, 0.1) is 29.6 Å². The maximum atomic E-state index is 12.1. The number of fused-ring (bicyclic) bond motifs is 1. The van der Waals surface area contributed by atoms with Gasteiger partial charge in [-0.3, -0.25) is 5.32 Å². The molecule has 32 heavy (non-hydrogen) atoms. The van der Waals surface area contributed by atoms with Crippen molar-refractivity contribution < 1.29 is 19.0 Å². The fourth-order valence-electron chi connectivity index (χ4n) is 4.39. The molecule has 1 aliphatic carbocycles. The highest BCUT2D eigenvalue weighted by Gasteiger charge is 2.30. The van der Waals surface area contributed by atoms with Crippen molar-refractivity contribution in [3.63, 3.8) is 0 Å². The number of carbonyl (C=O) groups excluding carboxylic acids is 1. The number of rotatable bonds is 7. The van der Waals surface area contributed by atoms with E-state index in [1.807, 2.05) is 43.3 Å². The van der Waals surface area contributed by atoms with Gasteiger partial charge >= 0.3 is 6.09 Å². The van der Waals surface area contributed by atoms with Crippen LogP contribution in [-0.4, -0.2) is 36.6 Å². The Labute approximate surface area is 187 Å². The van der Waals surface area contributed by atoms with E-state index in [2.05, 4.69) is 16.0 Å². The molecule has 1 amide bonds. The van der Waals surface area contributed by atoms with Crippen molar-refractivity contribution in [3.05, 3.63) is 42.5 Å². The van der Waals surface area contributed by atoms with Gasteiger partial charge in [-0.2, -0.15) is 0 Å². The highest BCUT2D eigenvalue weighted by Crippen LogP contribution is 2.46. The van der Waals surface area contributed by atoms with Crippen LogP contribution in [0.15, 0.2) is 42.5 Å². The smallest absolute Gasteiger partial charge is 0.411 e. The lowest BCUT2D eigenvalue weighted by Crippen LogP contribution is -2.21. The number of nitrogen functional groups attached to an aromatic ring is 1. The second-order valence-corrected chi connectivity index (χ2v) is 8.41. The van der Waals surface area contributed by atoms with Crippen molar-refractivity contribution in [1.29, 1.82) is 0 Å².